The lowest BCUT2D eigenvalue weighted by molar-refractivity contribution is 0.602. The molecule has 0 fully saturated rings. The SMILES string of the molecule is CS(=O)(=O)N(C#Cc1ccccc1)c1ccccc1. The fraction of sp³-hybridized carbons (Fsp3) is 0.0667. The van der Waals surface area contributed by atoms with Crippen molar-refractivity contribution in [1.82, 2.24) is 0 Å². The highest BCUT2D eigenvalue weighted by atomic mass is 32.2. The second-order valence-electron chi connectivity index (χ2n) is 3.97. The molecule has 0 unspecified atom stereocenters. The van der Waals surface area contributed by atoms with Crippen molar-refractivity contribution in [3.8, 4) is 12.0 Å². The minimum absolute atomic E-state index is 0.536. The van der Waals surface area contributed by atoms with E-state index in [9.17, 15) is 8.42 Å². The number of sulfonamides is 1. The lowest BCUT2D eigenvalue weighted by Crippen LogP contribution is -2.24. The van der Waals surface area contributed by atoms with E-state index < -0.39 is 10.0 Å². The van der Waals surface area contributed by atoms with E-state index in [-0.39, 0.29) is 0 Å². The Morgan fingerprint density at radius 1 is 0.895 bits per heavy atom. The number of benzene rings is 2. The maximum Gasteiger partial charge on any atom is 0.243 e. The molecule has 2 rings (SSSR count). The molecular formula is C15H13NO2S. The van der Waals surface area contributed by atoms with E-state index in [0.717, 1.165) is 16.1 Å². The van der Waals surface area contributed by atoms with Gasteiger partial charge >= 0.3 is 0 Å². The zero-order valence-electron chi connectivity index (χ0n) is 10.4. The summed E-state index contributed by atoms with van der Waals surface area (Å²) in [5, 5.41) is 0. The zero-order valence-corrected chi connectivity index (χ0v) is 11.3. The molecule has 0 heterocycles. The van der Waals surface area contributed by atoms with Gasteiger partial charge in [0.25, 0.3) is 0 Å². The van der Waals surface area contributed by atoms with E-state index in [4.69, 9.17) is 0 Å². The first-order valence-electron chi connectivity index (χ1n) is 5.69. The van der Waals surface area contributed by atoms with Crippen LogP contribution >= 0.6 is 0 Å². The summed E-state index contributed by atoms with van der Waals surface area (Å²) in [6.07, 6.45) is 1.14. The maximum atomic E-state index is 11.8. The van der Waals surface area contributed by atoms with Gasteiger partial charge in [0, 0.05) is 11.6 Å². The van der Waals surface area contributed by atoms with Crippen LogP contribution in [0.5, 0.6) is 0 Å². The Balaban J connectivity index is 2.40. The van der Waals surface area contributed by atoms with Gasteiger partial charge in [-0.25, -0.2) is 8.42 Å². The first-order chi connectivity index (χ1) is 9.07. The van der Waals surface area contributed by atoms with Crippen molar-refractivity contribution < 1.29 is 8.42 Å². The predicted octanol–water partition coefficient (Wildman–Crippen LogP) is 2.46. The Morgan fingerprint density at radius 3 is 1.95 bits per heavy atom. The summed E-state index contributed by atoms with van der Waals surface area (Å²) in [5.74, 6) is 2.85. The van der Waals surface area contributed by atoms with Crippen LogP contribution in [0.2, 0.25) is 0 Å². The number of para-hydroxylation sites is 1. The summed E-state index contributed by atoms with van der Waals surface area (Å²) >= 11 is 0. The molecule has 2 aromatic rings. The lowest BCUT2D eigenvalue weighted by atomic mass is 10.2. The van der Waals surface area contributed by atoms with Gasteiger partial charge in [0.2, 0.25) is 10.0 Å². The van der Waals surface area contributed by atoms with Crippen LogP contribution in [-0.4, -0.2) is 14.7 Å². The van der Waals surface area contributed by atoms with Crippen LogP contribution in [0, 0.1) is 12.0 Å². The number of rotatable bonds is 2. The summed E-state index contributed by atoms with van der Waals surface area (Å²) < 4.78 is 24.6. The van der Waals surface area contributed by atoms with Gasteiger partial charge < -0.3 is 0 Å². The van der Waals surface area contributed by atoms with Gasteiger partial charge in [-0.2, -0.15) is 4.31 Å². The van der Waals surface area contributed by atoms with Crippen LogP contribution in [0.3, 0.4) is 0 Å². The van der Waals surface area contributed by atoms with Crippen molar-refractivity contribution in [1.29, 1.82) is 0 Å². The van der Waals surface area contributed by atoms with Crippen LogP contribution in [0.25, 0.3) is 0 Å². The number of nitrogens with zero attached hydrogens (tertiary/aromatic N) is 1. The average Bonchev–Trinajstić information content (AvgIpc) is 2.40. The highest BCUT2D eigenvalue weighted by molar-refractivity contribution is 7.92. The summed E-state index contributed by atoms with van der Waals surface area (Å²) in [7, 11) is -3.43. The quantitative estimate of drug-likeness (QED) is 0.621. The molecule has 4 heteroatoms. The molecule has 0 bridgehead atoms. The van der Waals surface area contributed by atoms with E-state index in [1.807, 2.05) is 36.4 Å². The molecule has 0 aliphatic heterocycles. The van der Waals surface area contributed by atoms with Gasteiger partial charge in [-0.3, -0.25) is 0 Å². The van der Waals surface area contributed by atoms with Gasteiger partial charge in [-0.1, -0.05) is 36.4 Å². The second-order valence-corrected chi connectivity index (χ2v) is 5.80. The van der Waals surface area contributed by atoms with E-state index >= 15 is 0 Å². The van der Waals surface area contributed by atoms with E-state index in [0.29, 0.717) is 5.69 Å². The Morgan fingerprint density at radius 2 is 1.42 bits per heavy atom. The Labute approximate surface area is 113 Å². The van der Waals surface area contributed by atoms with Crippen LogP contribution in [0.4, 0.5) is 5.69 Å². The van der Waals surface area contributed by atoms with Crippen LogP contribution in [0.15, 0.2) is 60.7 Å². The molecule has 0 aliphatic carbocycles. The average molecular weight is 271 g/mol. The largest absolute Gasteiger partial charge is 0.243 e. The zero-order chi connectivity index (χ0) is 13.7. The standard InChI is InChI=1S/C15H13NO2S/c1-19(17,18)16(15-10-6-3-7-11-15)13-12-14-8-4-2-5-9-14/h2-11H,1H3. The third-order valence-electron chi connectivity index (χ3n) is 2.40. The molecule has 0 atom stereocenters. The highest BCUT2D eigenvalue weighted by Crippen LogP contribution is 2.15. The maximum absolute atomic E-state index is 11.8. The van der Waals surface area contributed by atoms with Crippen molar-refractivity contribution in [2.75, 3.05) is 10.6 Å². The summed E-state index contributed by atoms with van der Waals surface area (Å²) in [5.41, 5.74) is 1.31. The molecule has 96 valence electrons. The van der Waals surface area contributed by atoms with Gasteiger partial charge in [0.05, 0.1) is 11.9 Å². The lowest BCUT2D eigenvalue weighted by Gasteiger charge is -2.14. The molecule has 0 aromatic heterocycles. The summed E-state index contributed by atoms with van der Waals surface area (Å²) in [6.45, 7) is 0. The number of hydrogen-bond acceptors (Lipinski definition) is 2. The normalized spacial score (nSPS) is 10.4. The molecule has 2 aromatic carbocycles. The Kier molecular flexibility index (Phi) is 3.88. The summed E-state index contributed by atoms with van der Waals surface area (Å²) in [4.78, 5) is 0. The third-order valence-corrected chi connectivity index (χ3v) is 3.36. The molecule has 0 saturated carbocycles. The molecule has 0 N–H and O–H groups in total. The smallest absolute Gasteiger partial charge is 0.206 e. The minimum atomic E-state index is -3.43. The van der Waals surface area contributed by atoms with Crippen molar-refractivity contribution in [3.05, 3.63) is 66.2 Å². The first kappa shape index (κ1) is 13.2. The van der Waals surface area contributed by atoms with Gasteiger partial charge in [0.1, 0.15) is 0 Å². The predicted molar refractivity (Wildman–Crippen MR) is 77.1 cm³/mol. The van der Waals surface area contributed by atoms with E-state index in [1.54, 1.807) is 24.3 Å². The highest BCUT2D eigenvalue weighted by Gasteiger charge is 2.14. The molecular weight excluding hydrogens is 258 g/mol. The Hall–Kier alpha value is -2.25. The van der Waals surface area contributed by atoms with Crippen LogP contribution < -0.4 is 4.31 Å². The topological polar surface area (TPSA) is 37.4 Å². The molecule has 0 spiro atoms. The van der Waals surface area contributed by atoms with Gasteiger partial charge in [0.15, 0.2) is 0 Å². The van der Waals surface area contributed by atoms with Crippen molar-refractivity contribution >= 4 is 15.7 Å². The monoisotopic (exact) mass is 271 g/mol. The van der Waals surface area contributed by atoms with Gasteiger partial charge in [-0.15, -0.1) is 0 Å². The fourth-order valence-electron chi connectivity index (χ4n) is 1.54. The number of hydrogen-bond donors (Lipinski definition) is 0. The van der Waals surface area contributed by atoms with Crippen molar-refractivity contribution in [2.45, 2.75) is 0 Å². The molecule has 19 heavy (non-hydrogen) atoms. The number of anilines is 1. The fourth-order valence-corrected chi connectivity index (χ4v) is 2.26. The van der Waals surface area contributed by atoms with Crippen LogP contribution in [0.1, 0.15) is 5.56 Å². The van der Waals surface area contributed by atoms with E-state index in [1.165, 1.54) is 0 Å². The van der Waals surface area contributed by atoms with Crippen molar-refractivity contribution in [2.24, 2.45) is 0 Å². The minimum Gasteiger partial charge on any atom is -0.206 e. The van der Waals surface area contributed by atoms with E-state index in [2.05, 4.69) is 12.0 Å². The molecule has 0 saturated heterocycles. The van der Waals surface area contributed by atoms with Crippen LogP contribution in [-0.2, 0) is 10.0 Å². The molecule has 0 amide bonds. The third kappa shape index (κ3) is 3.60. The molecule has 0 aliphatic rings. The summed E-state index contributed by atoms with van der Waals surface area (Å²) in [6, 6.07) is 20.8. The Bertz CT molecular complexity index is 698. The van der Waals surface area contributed by atoms with Crippen molar-refractivity contribution in [3.63, 3.8) is 0 Å². The first-order valence-corrected chi connectivity index (χ1v) is 7.54. The molecule has 0 radical (unpaired) electrons. The van der Waals surface area contributed by atoms with Gasteiger partial charge in [-0.05, 0) is 30.2 Å². The molecule has 3 nitrogen and oxygen atoms in total. The second kappa shape index (κ2) is 5.59.